The van der Waals surface area contributed by atoms with E-state index in [9.17, 15) is 12.8 Å². The molecular formula is C18H30FN3O3S. The fourth-order valence-electron chi connectivity index (χ4n) is 2.01. The van der Waals surface area contributed by atoms with Gasteiger partial charge in [-0.25, -0.2) is 12.8 Å². The maximum atomic E-state index is 13.5. The van der Waals surface area contributed by atoms with Crippen molar-refractivity contribution >= 4 is 15.8 Å². The van der Waals surface area contributed by atoms with Crippen molar-refractivity contribution in [3.05, 3.63) is 30.1 Å². The van der Waals surface area contributed by atoms with Crippen LogP contribution in [0, 0.1) is 5.82 Å². The molecule has 1 rings (SSSR count). The Bertz CT molecular complexity index is 700. The number of hydrogen-bond acceptors (Lipinski definition) is 4. The van der Waals surface area contributed by atoms with E-state index in [1.54, 1.807) is 39.0 Å². The summed E-state index contributed by atoms with van der Waals surface area (Å²) in [5.74, 6) is 0.390. The summed E-state index contributed by atoms with van der Waals surface area (Å²) in [5.41, 5.74) is 0. The smallest absolute Gasteiger partial charge is 0.193 e. The number of halogens is 1. The number of aliphatic imine (C=N–C) groups is 1. The van der Waals surface area contributed by atoms with Crippen molar-refractivity contribution in [3.63, 3.8) is 0 Å². The van der Waals surface area contributed by atoms with Crippen LogP contribution in [0.25, 0.3) is 0 Å². The monoisotopic (exact) mass is 387 g/mol. The number of hydrogen-bond donors (Lipinski definition) is 1. The molecule has 0 aliphatic carbocycles. The van der Waals surface area contributed by atoms with Crippen LogP contribution in [0.3, 0.4) is 0 Å². The molecule has 0 saturated carbocycles. The lowest BCUT2D eigenvalue weighted by Crippen LogP contribution is -2.41. The van der Waals surface area contributed by atoms with E-state index in [0.717, 1.165) is 0 Å². The lowest BCUT2D eigenvalue weighted by molar-refractivity contribution is 0.270. The summed E-state index contributed by atoms with van der Waals surface area (Å²) in [7, 11) is -1.39. The minimum Gasteiger partial charge on any atom is -0.489 e. The number of nitrogens with one attached hydrogen (secondary N) is 1. The van der Waals surface area contributed by atoms with Crippen LogP contribution >= 0.6 is 0 Å². The zero-order chi connectivity index (χ0) is 19.8. The fourth-order valence-corrected chi connectivity index (χ4v) is 2.95. The van der Waals surface area contributed by atoms with Gasteiger partial charge in [-0.2, -0.15) is 0 Å². The molecule has 0 atom stereocenters. The summed E-state index contributed by atoms with van der Waals surface area (Å²) in [4.78, 5) is 6.21. The zero-order valence-electron chi connectivity index (χ0n) is 16.3. The summed E-state index contributed by atoms with van der Waals surface area (Å²) in [6, 6.07) is 6.24. The molecule has 0 aliphatic heterocycles. The molecule has 0 aliphatic rings. The van der Waals surface area contributed by atoms with Gasteiger partial charge in [0.2, 0.25) is 0 Å². The van der Waals surface area contributed by atoms with E-state index in [0.29, 0.717) is 19.0 Å². The van der Waals surface area contributed by atoms with E-state index < -0.39 is 20.4 Å². The van der Waals surface area contributed by atoms with Gasteiger partial charge in [-0.3, -0.25) is 4.99 Å². The molecule has 0 amide bonds. The SMILES string of the molecule is CCNC(=NCCS(=O)(=O)C(C)(C)C)N(C)CCOc1ccccc1F. The normalized spacial score (nSPS) is 12.8. The lowest BCUT2D eigenvalue weighted by Gasteiger charge is -2.23. The largest absolute Gasteiger partial charge is 0.489 e. The van der Waals surface area contributed by atoms with E-state index in [1.165, 1.54) is 6.07 Å². The second kappa shape index (κ2) is 9.75. The minimum atomic E-state index is -3.21. The predicted octanol–water partition coefficient (Wildman–Crippen LogP) is 2.32. The Kier molecular flexibility index (Phi) is 8.33. The molecule has 0 aromatic heterocycles. The lowest BCUT2D eigenvalue weighted by atomic mass is 10.3. The first-order valence-corrected chi connectivity index (χ1v) is 10.3. The molecule has 148 valence electrons. The molecule has 0 unspecified atom stereocenters. The molecule has 6 nitrogen and oxygen atoms in total. The van der Waals surface area contributed by atoms with Crippen molar-refractivity contribution in [2.24, 2.45) is 4.99 Å². The number of benzene rings is 1. The minimum absolute atomic E-state index is 0.00897. The third-order valence-electron chi connectivity index (χ3n) is 3.77. The van der Waals surface area contributed by atoms with Gasteiger partial charge in [0.05, 0.1) is 23.6 Å². The third kappa shape index (κ3) is 6.82. The highest BCUT2D eigenvalue weighted by Gasteiger charge is 2.28. The van der Waals surface area contributed by atoms with Crippen LogP contribution < -0.4 is 10.1 Å². The molecule has 26 heavy (non-hydrogen) atoms. The number of likely N-dealkylation sites (N-methyl/N-ethyl adjacent to an activating group) is 1. The van der Waals surface area contributed by atoms with E-state index in [4.69, 9.17) is 4.74 Å². The first-order valence-electron chi connectivity index (χ1n) is 8.67. The molecule has 0 radical (unpaired) electrons. The van der Waals surface area contributed by atoms with Crippen molar-refractivity contribution in [2.45, 2.75) is 32.4 Å². The Morgan fingerprint density at radius 3 is 2.54 bits per heavy atom. The molecule has 1 aromatic carbocycles. The van der Waals surface area contributed by atoms with E-state index >= 15 is 0 Å². The van der Waals surface area contributed by atoms with E-state index in [2.05, 4.69) is 10.3 Å². The van der Waals surface area contributed by atoms with Gasteiger partial charge >= 0.3 is 0 Å². The molecular weight excluding hydrogens is 357 g/mol. The van der Waals surface area contributed by atoms with Crippen LogP contribution in [0.5, 0.6) is 5.75 Å². The van der Waals surface area contributed by atoms with Gasteiger partial charge in [-0.15, -0.1) is 0 Å². The first kappa shape index (κ1) is 22.2. The van der Waals surface area contributed by atoms with Crippen LogP contribution in [-0.4, -0.2) is 63.1 Å². The maximum Gasteiger partial charge on any atom is 0.193 e. The van der Waals surface area contributed by atoms with Crippen LogP contribution in [0.4, 0.5) is 4.39 Å². The highest BCUT2D eigenvalue weighted by molar-refractivity contribution is 7.92. The Hall–Kier alpha value is -1.83. The number of para-hydroxylation sites is 1. The summed E-state index contributed by atoms with van der Waals surface area (Å²) in [6.07, 6.45) is 0. The quantitative estimate of drug-likeness (QED) is 0.548. The Morgan fingerprint density at radius 2 is 1.96 bits per heavy atom. The van der Waals surface area contributed by atoms with E-state index in [1.807, 2.05) is 18.9 Å². The molecule has 0 heterocycles. The highest BCUT2D eigenvalue weighted by atomic mass is 32.2. The molecule has 0 fully saturated rings. The molecule has 0 saturated heterocycles. The van der Waals surface area contributed by atoms with Crippen LogP contribution in [0.1, 0.15) is 27.7 Å². The summed E-state index contributed by atoms with van der Waals surface area (Å²) in [6.45, 7) is 8.58. The summed E-state index contributed by atoms with van der Waals surface area (Å²) >= 11 is 0. The number of nitrogens with zero attached hydrogens (tertiary/aromatic N) is 2. The molecule has 1 N–H and O–H groups in total. The van der Waals surface area contributed by atoms with Gasteiger partial charge in [0.1, 0.15) is 6.61 Å². The molecule has 0 spiro atoms. The standard InChI is InChI=1S/C18H30FN3O3S/c1-6-20-17(21-11-14-26(23,24)18(2,3)4)22(5)12-13-25-16-10-8-7-9-15(16)19/h7-10H,6,11-14H2,1-5H3,(H,20,21). The third-order valence-corrected chi connectivity index (χ3v) is 6.36. The Labute approximate surface area is 156 Å². The molecule has 8 heteroatoms. The van der Waals surface area contributed by atoms with Gasteiger partial charge in [-0.1, -0.05) is 12.1 Å². The van der Waals surface area contributed by atoms with Gasteiger partial charge in [0.15, 0.2) is 27.4 Å². The van der Waals surface area contributed by atoms with Gasteiger partial charge in [0, 0.05) is 13.6 Å². The van der Waals surface area contributed by atoms with Gasteiger partial charge in [0.25, 0.3) is 0 Å². The van der Waals surface area contributed by atoms with Crippen molar-refractivity contribution in [1.29, 1.82) is 0 Å². The topological polar surface area (TPSA) is 71.0 Å². The van der Waals surface area contributed by atoms with Crippen LogP contribution in [0.2, 0.25) is 0 Å². The first-order chi connectivity index (χ1) is 12.1. The number of rotatable bonds is 8. The average Bonchev–Trinajstić information content (AvgIpc) is 2.54. The average molecular weight is 388 g/mol. The Morgan fingerprint density at radius 1 is 1.31 bits per heavy atom. The number of guanidine groups is 1. The second-order valence-corrected chi connectivity index (χ2v) is 9.73. The van der Waals surface area contributed by atoms with Crippen LogP contribution in [-0.2, 0) is 9.84 Å². The molecule has 0 bridgehead atoms. The number of ether oxygens (including phenoxy) is 1. The Balaban J connectivity index is 2.60. The van der Waals surface area contributed by atoms with Crippen LogP contribution in [0.15, 0.2) is 29.3 Å². The van der Waals surface area contributed by atoms with Crippen molar-refractivity contribution < 1.29 is 17.5 Å². The zero-order valence-corrected chi connectivity index (χ0v) is 17.1. The number of sulfone groups is 1. The molecule has 1 aromatic rings. The van der Waals surface area contributed by atoms with Crippen molar-refractivity contribution in [2.75, 3.05) is 39.0 Å². The highest BCUT2D eigenvalue weighted by Crippen LogP contribution is 2.16. The van der Waals surface area contributed by atoms with E-state index in [-0.39, 0.29) is 24.7 Å². The van der Waals surface area contributed by atoms with Gasteiger partial charge in [-0.05, 0) is 39.8 Å². The fraction of sp³-hybridized carbons (Fsp3) is 0.611. The summed E-state index contributed by atoms with van der Waals surface area (Å²) < 4.78 is 42.5. The van der Waals surface area contributed by atoms with Gasteiger partial charge < -0.3 is 15.0 Å². The van der Waals surface area contributed by atoms with Crippen molar-refractivity contribution in [1.82, 2.24) is 10.2 Å². The summed E-state index contributed by atoms with van der Waals surface area (Å²) in [5, 5.41) is 3.12. The maximum absolute atomic E-state index is 13.5. The second-order valence-electron chi connectivity index (χ2n) is 6.87. The predicted molar refractivity (Wildman–Crippen MR) is 104 cm³/mol. The van der Waals surface area contributed by atoms with Crippen molar-refractivity contribution in [3.8, 4) is 5.75 Å².